The fourth-order valence-corrected chi connectivity index (χ4v) is 8.71. The van der Waals surface area contributed by atoms with Gasteiger partial charge in [-0.25, -0.2) is 0 Å². The Morgan fingerprint density at radius 2 is 0.879 bits per heavy atom. The molecule has 0 aliphatic rings. The number of nitrogens with zero attached hydrogens (tertiary/aromatic N) is 1. The van der Waals surface area contributed by atoms with Gasteiger partial charge in [0, 0.05) is 27.7 Å². The summed E-state index contributed by atoms with van der Waals surface area (Å²) in [6, 6.07) is 80.8. The highest BCUT2D eigenvalue weighted by Gasteiger charge is 2.23. The smallest absolute Gasteiger partial charge is 0.135 e. The van der Waals surface area contributed by atoms with Gasteiger partial charge in [-0.2, -0.15) is 0 Å². The van der Waals surface area contributed by atoms with E-state index >= 15 is 0 Å². The molecule has 0 radical (unpaired) electrons. The molecule has 0 amide bonds. The lowest BCUT2D eigenvalue weighted by atomic mass is 9.87. The molecule has 10 aromatic carbocycles. The van der Waals surface area contributed by atoms with Gasteiger partial charge in [-0.15, -0.1) is 0 Å². The Hall–Kier alpha value is -7.68. The third kappa shape index (κ3) is 5.82. The van der Waals surface area contributed by atoms with Crippen molar-refractivity contribution in [3.63, 3.8) is 0 Å². The fourth-order valence-electron chi connectivity index (χ4n) is 8.71. The monoisotopic (exact) mass is 739 g/mol. The third-order valence-corrected chi connectivity index (χ3v) is 11.5. The lowest BCUT2D eigenvalue weighted by Crippen LogP contribution is -2.12. The second-order valence-electron chi connectivity index (χ2n) is 14.9. The van der Waals surface area contributed by atoms with Crippen molar-refractivity contribution in [2.45, 2.75) is 0 Å². The molecule has 0 fully saturated rings. The van der Waals surface area contributed by atoms with E-state index in [0.717, 1.165) is 50.1 Å². The van der Waals surface area contributed by atoms with Gasteiger partial charge in [-0.3, -0.25) is 0 Å². The first-order valence-corrected chi connectivity index (χ1v) is 19.8. The maximum absolute atomic E-state index is 6.33. The van der Waals surface area contributed by atoms with Gasteiger partial charge >= 0.3 is 0 Å². The predicted octanol–water partition coefficient (Wildman–Crippen LogP) is 16.0. The first-order valence-electron chi connectivity index (χ1n) is 19.8. The summed E-state index contributed by atoms with van der Waals surface area (Å²) in [7, 11) is 0. The van der Waals surface area contributed by atoms with Crippen LogP contribution in [0.3, 0.4) is 0 Å². The average molecular weight is 740 g/mol. The Balaban J connectivity index is 1.13. The molecule has 0 aliphatic heterocycles. The number of rotatable bonds is 7. The summed E-state index contributed by atoms with van der Waals surface area (Å²) in [6.45, 7) is 0. The summed E-state index contributed by atoms with van der Waals surface area (Å²) in [4.78, 5) is 2.42. The van der Waals surface area contributed by atoms with Crippen LogP contribution in [-0.2, 0) is 0 Å². The van der Waals surface area contributed by atoms with Gasteiger partial charge in [-0.05, 0) is 109 Å². The van der Waals surface area contributed by atoms with E-state index < -0.39 is 0 Å². The van der Waals surface area contributed by atoms with Gasteiger partial charge in [0.2, 0.25) is 0 Å². The largest absolute Gasteiger partial charge is 0.456 e. The van der Waals surface area contributed by atoms with Crippen LogP contribution in [0.5, 0.6) is 0 Å². The van der Waals surface area contributed by atoms with Crippen molar-refractivity contribution in [3.8, 4) is 44.5 Å². The highest BCUT2D eigenvalue weighted by Crippen LogP contribution is 2.49. The number of anilines is 3. The number of fused-ring (bicyclic) bond motifs is 6. The summed E-state index contributed by atoms with van der Waals surface area (Å²) >= 11 is 0. The van der Waals surface area contributed by atoms with Crippen LogP contribution in [0, 0.1) is 0 Å². The van der Waals surface area contributed by atoms with E-state index in [-0.39, 0.29) is 0 Å². The Kier molecular flexibility index (Phi) is 8.19. The molecule has 272 valence electrons. The van der Waals surface area contributed by atoms with Crippen LogP contribution >= 0.6 is 0 Å². The van der Waals surface area contributed by atoms with Crippen molar-refractivity contribution < 1.29 is 4.42 Å². The van der Waals surface area contributed by atoms with Crippen LogP contribution in [-0.4, -0.2) is 0 Å². The van der Waals surface area contributed by atoms with E-state index in [1.54, 1.807) is 0 Å². The van der Waals surface area contributed by atoms with E-state index in [1.165, 1.54) is 54.9 Å². The number of benzene rings is 10. The molecule has 0 unspecified atom stereocenters. The van der Waals surface area contributed by atoms with Crippen molar-refractivity contribution in [3.05, 3.63) is 224 Å². The topological polar surface area (TPSA) is 16.4 Å². The minimum absolute atomic E-state index is 0.872. The highest BCUT2D eigenvalue weighted by molar-refractivity contribution is 6.09. The van der Waals surface area contributed by atoms with Crippen LogP contribution in [0.2, 0.25) is 0 Å². The molecule has 58 heavy (non-hydrogen) atoms. The SMILES string of the molecule is c1ccc(-c2ccccc2-c2c(-c3ccccc3)cccc2N(c2ccc(-c3ccc4c(ccc5ccccc54)c3)cc2)c2ccc3oc4ccccc4c3c2)cc1. The van der Waals surface area contributed by atoms with E-state index in [0.29, 0.717) is 0 Å². The first-order chi connectivity index (χ1) is 28.8. The molecular weight excluding hydrogens is 703 g/mol. The predicted molar refractivity (Wildman–Crippen MR) is 245 cm³/mol. The molecule has 0 aliphatic carbocycles. The van der Waals surface area contributed by atoms with Crippen molar-refractivity contribution >= 4 is 60.5 Å². The molecule has 1 heterocycles. The van der Waals surface area contributed by atoms with Crippen LogP contribution < -0.4 is 4.90 Å². The van der Waals surface area contributed by atoms with Crippen molar-refractivity contribution in [2.24, 2.45) is 0 Å². The Labute approximate surface area is 337 Å². The fraction of sp³-hybridized carbons (Fsp3) is 0. The molecule has 0 spiro atoms. The lowest BCUT2D eigenvalue weighted by molar-refractivity contribution is 0.669. The Bertz CT molecular complexity index is 3270. The second kappa shape index (κ2) is 14.1. The number of hydrogen-bond donors (Lipinski definition) is 0. The third-order valence-electron chi connectivity index (χ3n) is 11.5. The Morgan fingerprint density at radius 3 is 1.69 bits per heavy atom. The molecule has 0 N–H and O–H groups in total. The van der Waals surface area contributed by atoms with Gasteiger partial charge in [0.15, 0.2) is 0 Å². The maximum atomic E-state index is 6.33. The number of hydrogen-bond acceptors (Lipinski definition) is 2. The summed E-state index contributed by atoms with van der Waals surface area (Å²) in [6.07, 6.45) is 0. The molecule has 0 atom stereocenters. The zero-order valence-electron chi connectivity index (χ0n) is 31.7. The molecule has 2 heteroatoms. The second-order valence-corrected chi connectivity index (χ2v) is 14.9. The zero-order chi connectivity index (χ0) is 38.4. The average Bonchev–Trinajstić information content (AvgIpc) is 3.68. The summed E-state index contributed by atoms with van der Waals surface area (Å²) < 4.78 is 6.33. The van der Waals surface area contributed by atoms with Crippen LogP contribution in [0.25, 0.3) is 88.0 Å². The van der Waals surface area contributed by atoms with Gasteiger partial charge in [0.05, 0.1) is 5.69 Å². The molecule has 0 saturated carbocycles. The van der Waals surface area contributed by atoms with E-state index in [4.69, 9.17) is 4.42 Å². The van der Waals surface area contributed by atoms with Crippen LogP contribution in [0.1, 0.15) is 0 Å². The van der Waals surface area contributed by atoms with E-state index in [9.17, 15) is 0 Å². The van der Waals surface area contributed by atoms with Gasteiger partial charge in [0.25, 0.3) is 0 Å². The van der Waals surface area contributed by atoms with Crippen molar-refractivity contribution in [1.29, 1.82) is 0 Å². The molecule has 2 nitrogen and oxygen atoms in total. The first kappa shape index (κ1) is 33.6. The Morgan fingerprint density at radius 1 is 0.293 bits per heavy atom. The van der Waals surface area contributed by atoms with Gasteiger partial charge in [0.1, 0.15) is 11.2 Å². The van der Waals surface area contributed by atoms with E-state index in [1.807, 2.05) is 12.1 Å². The quantitative estimate of drug-likeness (QED) is 0.151. The van der Waals surface area contributed by atoms with Crippen LogP contribution in [0.15, 0.2) is 229 Å². The van der Waals surface area contributed by atoms with Crippen molar-refractivity contribution in [2.75, 3.05) is 4.90 Å². The van der Waals surface area contributed by atoms with E-state index in [2.05, 4.69) is 217 Å². The van der Waals surface area contributed by atoms with Crippen molar-refractivity contribution in [1.82, 2.24) is 0 Å². The lowest BCUT2D eigenvalue weighted by Gasteiger charge is -2.30. The minimum Gasteiger partial charge on any atom is -0.456 e. The minimum atomic E-state index is 0.872. The molecular formula is C56H37NO. The highest BCUT2D eigenvalue weighted by atomic mass is 16.3. The molecule has 0 bridgehead atoms. The molecule has 11 rings (SSSR count). The number of furan rings is 1. The summed E-state index contributed by atoms with van der Waals surface area (Å²) in [5.74, 6) is 0. The standard InChI is InChI=1S/C56H37NO/c1-3-14-39(15-4-1)47-20-9-10-22-51(47)56-49(40-16-5-2-6-17-40)23-13-24-53(56)57(45-33-35-55-52(37-45)50-21-11-12-25-54(50)58-55)44-31-28-38(29-32-44)42-30-34-48-43(36-42)27-26-41-18-7-8-19-46(41)48/h1-37H. The van der Waals surface area contributed by atoms with Gasteiger partial charge < -0.3 is 9.32 Å². The zero-order valence-corrected chi connectivity index (χ0v) is 31.7. The van der Waals surface area contributed by atoms with Gasteiger partial charge in [-0.1, -0.05) is 176 Å². The van der Waals surface area contributed by atoms with Crippen LogP contribution in [0.4, 0.5) is 17.1 Å². The molecule has 11 aromatic rings. The molecule has 1 aromatic heterocycles. The summed E-state index contributed by atoms with van der Waals surface area (Å²) in [5.41, 5.74) is 14.3. The normalized spacial score (nSPS) is 11.4. The maximum Gasteiger partial charge on any atom is 0.135 e. The molecule has 0 saturated heterocycles. The number of para-hydroxylation sites is 1. The summed E-state index contributed by atoms with van der Waals surface area (Å²) in [5, 5.41) is 7.24.